The number of ether oxygens (including phenoxy) is 1. The number of amides is 1. The number of rotatable bonds is 2. The minimum atomic E-state index is -0.533. The third kappa shape index (κ3) is 3.86. The number of halogens is 1. The van der Waals surface area contributed by atoms with E-state index in [0.29, 0.717) is 39.9 Å². The van der Waals surface area contributed by atoms with Crippen LogP contribution in [0, 0.1) is 0 Å². The van der Waals surface area contributed by atoms with Crippen LogP contribution < -0.4 is 10.5 Å². The van der Waals surface area contributed by atoms with Gasteiger partial charge in [-0.3, -0.25) is 4.90 Å². The average molecular weight is 551 g/mol. The molecule has 8 nitrogen and oxygen atoms in total. The lowest BCUT2D eigenvalue weighted by molar-refractivity contribution is -0.00827. The quantitative estimate of drug-likeness (QED) is 0.292. The standard InChI is InChI=1S/C28H27ClN4O4S/c1-26(2,3)37-25(35)33-27(9-10-27)14-32(15-28(33)11-12-28)20-8-7-16-13-17(24(34)36-22(16)30-20)23-31-21-18(29)5-4-6-19(21)38-23/h4-8,13H,9-12,14-15H2,1-3H3. The molecule has 0 N–H and O–H groups in total. The van der Waals surface area contributed by atoms with Crippen molar-refractivity contribution in [3.8, 4) is 10.6 Å². The van der Waals surface area contributed by atoms with Crippen molar-refractivity contribution in [3.05, 3.63) is 51.8 Å². The van der Waals surface area contributed by atoms with E-state index >= 15 is 0 Å². The molecule has 3 fully saturated rings. The van der Waals surface area contributed by atoms with Gasteiger partial charge in [-0.05, 0) is 76.8 Å². The van der Waals surface area contributed by atoms with Crippen LogP contribution in [0.1, 0.15) is 46.5 Å². The first-order chi connectivity index (χ1) is 18.1. The number of nitrogens with zero attached hydrogens (tertiary/aromatic N) is 4. The van der Waals surface area contributed by atoms with Gasteiger partial charge in [0.05, 0.1) is 26.4 Å². The summed E-state index contributed by atoms with van der Waals surface area (Å²) in [5.41, 5.74) is -0.114. The number of para-hydroxylation sites is 1. The maximum atomic E-state index is 13.2. The maximum absolute atomic E-state index is 13.2. The molecule has 1 saturated heterocycles. The monoisotopic (exact) mass is 550 g/mol. The summed E-state index contributed by atoms with van der Waals surface area (Å²) >= 11 is 7.69. The topological polar surface area (TPSA) is 88.8 Å². The van der Waals surface area contributed by atoms with Crippen molar-refractivity contribution in [1.82, 2.24) is 14.9 Å². The van der Waals surface area contributed by atoms with Crippen LogP contribution >= 0.6 is 22.9 Å². The fourth-order valence-corrected chi connectivity index (χ4v) is 6.93. The first-order valence-electron chi connectivity index (χ1n) is 12.8. The summed E-state index contributed by atoms with van der Waals surface area (Å²) in [4.78, 5) is 39.8. The number of piperazine rings is 1. The Morgan fingerprint density at radius 3 is 2.42 bits per heavy atom. The number of hydrogen-bond acceptors (Lipinski definition) is 8. The van der Waals surface area contributed by atoms with Gasteiger partial charge in [0.15, 0.2) is 0 Å². The zero-order valence-corrected chi connectivity index (χ0v) is 23.0. The van der Waals surface area contributed by atoms with Crippen molar-refractivity contribution in [2.75, 3.05) is 18.0 Å². The largest absolute Gasteiger partial charge is 0.444 e. The van der Waals surface area contributed by atoms with E-state index in [4.69, 9.17) is 25.7 Å². The predicted octanol–water partition coefficient (Wildman–Crippen LogP) is 6.24. The number of fused-ring (bicyclic) bond motifs is 2. The van der Waals surface area contributed by atoms with Crippen LogP contribution in [0.4, 0.5) is 10.6 Å². The number of carbonyl (C=O) groups is 1. The lowest BCUT2D eigenvalue weighted by Crippen LogP contribution is -2.64. The highest BCUT2D eigenvalue weighted by atomic mass is 35.5. The number of aromatic nitrogens is 2. The number of hydrogen-bond donors (Lipinski definition) is 0. The van der Waals surface area contributed by atoms with Crippen LogP contribution in [0.15, 0.2) is 45.6 Å². The first-order valence-corrected chi connectivity index (χ1v) is 14.0. The molecule has 2 spiro atoms. The lowest BCUT2D eigenvalue weighted by Gasteiger charge is -2.48. The molecule has 0 bridgehead atoms. The van der Waals surface area contributed by atoms with Gasteiger partial charge in [0.2, 0.25) is 5.71 Å². The van der Waals surface area contributed by atoms with Crippen LogP contribution in [-0.2, 0) is 4.74 Å². The molecule has 1 aliphatic heterocycles. The van der Waals surface area contributed by atoms with Gasteiger partial charge in [0, 0.05) is 18.5 Å². The van der Waals surface area contributed by atoms with E-state index in [1.54, 1.807) is 12.1 Å². The van der Waals surface area contributed by atoms with Gasteiger partial charge in [0.1, 0.15) is 21.9 Å². The van der Waals surface area contributed by atoms with E-state index in [0.717, 1.165) is 41.6 Å². The molecule has 3 aliphatic rings. The number of benzene rings is 1. The molecule has 4 heterocycles. The Labute approximate surface area is 228 Å². The first kappa shape index (κ1) is 23.9. The average Bonchev–Trinajstić information content (AvgIpc) is 3.74. The van der Waals surface area contributed by atoms with Crippen LogP contribution in [-0.4, -0.2) is 50.7 Å². The fraction of sp³-hybridized carbons (Fsp3) is 0.429. The second kappa shape index (κ2) is 7.93. The minimum absolute atomic E-state index is 0.215. The lowest BCUT2D eigenvalue weighted by atomic mass is 10.0. The Morgan fingerprint density at radius 1 is 1.08 bits per heavy atom. The van der Waals surface area contributed by atoms with E-state index in [-0.39, 0.29) is 17.2 Å². The maximum Gasteiger partial charge on any atom is 0.411 e. The van der Waals surface area contributed by atoms with E-state index in [1.807, 2.05) is 49.9 Å². The molecule has 2 aliphatic carbocycles. The van der Waals surface area contributed by atoms with Gasteiger partial charge in [-0.1, -0.05) is 17.7 Å². The highest BCUT2D eigenvalue weighted by Crippen LogP contribution is 2.57. The Balaban J connectivity index is 1.20. The number of thiazole rings is 1. The molecule has 0 radical (unpaired) electrons. The molecule has 0 unspecified atom stereocenters. The van der Waals surface area contributed by atoms with Crippen molar-refractivity contribution in [2.24, 2.45) is 0 Å². The van der Waals surface area contributed by atoms with E-state index in [9.17, 15) is 9.59 Å². The molecule has 196 valence electrons. The van der Waals surface area contributed by atoms with Crippen molar-refractivity contribution in [1.29, 1.82) is 0 Å². The molecule has 0 atom stereocenters. The normalized spacial score (nSPS) is 19.5. The van der Waals surface area contributed by atoms with Gasteiger partial charge in [0.25, 0.3) is 0 Å². The van der Waals surface area contributed by atoms with Crippen LogP contribution in [0.25, 0.3) is 31.9 Å². The molecule has 1 amide bonds. The second-order valence-corrected chi connectivity index (χ2v) is 13.2. The summed E-state index contributed by atoms with van der Waals surface area (Å²) in [6.45, 7) is 7.09. The summed E-state index contributed by atoms with van der Waals surface area (Å²) in [5.74, 6) is 0.751. The smallest absolute Gasteiger partial charge is 0.411 e. The number of anilines is 1. The third-order valence-electron chi connectivity index (χ3n) is 7.66. The molecule has 2 saturated carbocycles. The second-order valence-electron chi connectivity index (χ2n) is 11.7. The molecule has 4 aromatic rings. The Morgan fingerprint density at radius 2 is 1.79 bits per heavy atom. The fourth-order valence-electron chi connectivity index (χ4n) is 5.67. The molecule has 7 rings (SSSR count). The third-order valence-corrected chi connectivity index (χ3v) is 9.02. The van der Waals surface area contributed by atoms with Crippen molar-refractivity contribution >= 4 is 56.2 Å². The van der Waals surface area contributed by atoms with Gasteiger partial charge in [-0.25, -0.2) is 14.6 Å². The SMILES string of the molecule is CC(C)(C)OC(=O)N1C2(CC2)CN(c2ccc3cc(-c4nc5c(Cl)cccc5s4)c(=O)oc3n2)CC12CC2. The highest BCUT2D eigenvalue weighted by Gasteiger charge is 2.67. The number of carbonyl (C=O) groups excluding carboxylic acids is 1. The summed E-state index contributed by atoms with van der Waals surface area (Å²) in [6.07, 6.45) is 3.57. The Kier molecular flexibility index (Phi) is 4.99. The van der Waals surface area contributed by atoms with Gasteiger partial charge >= 0.3 is 11.7 Å². The van der Waals surface area contributed by atoms with Gasteiger partial charge in [-0.2, -0.15) is 4.98 Å². The Bertz CT molecular complexity index is 1660. The van der Waals surface area contributed by atoms with E-state index in [2.05, 4.69) is 9.88 Å². The molecule has 1 aromatic carbocycles. The summed E-state index contributed by atoms with van der Waals surface area (Å²) < 4.78 is 12.4. The Hall–Kier alpha value is -3.17. The summed E-state index contributed by atoms with van der Waals surface area (Å²) in [6, 6.07) is 11.3. The zero-order chi connectivity index (χ0) is 26.4. The van der Waals surface area contributed by atoms with Crippen molar-refractivity contribution < 1.29 is 13.9 Å². The highest BCUT2D eigenvalue weighted by molar-refractivity contribution is 7.21. The molecular formula is C28H27ClN4O4S. The summed E-state index contributed by atoms with van der Waals surface area (Å²) in [7, 11) is 0. The molecule has 10 heteroatoms. The number of pyridine rings is 1. The minimum Gasteiger partial charge on any atom is -0.444 e. The van der Waals surface area contributed by atoms with E-state index < -0.39 is 11.2 Å². The van der Waals surface area contributed by atoms with Crippen LogP contribution in [0.5, 0.6) is 0 Å². The van der Waals surface area contributed by atoms with Crippen LogP contribution in [0.3, 0.4) is 0 Å². The molecule has 3 aromatic heterocycles. The zero-order valence-electron chi connectivity index (χ0n) is 21.4. The molecule has 38 heavy (non-hydrogen) atoms. The van der Waals surface area contributed by atoms with Gasteiger partial charge in [-0.15, -0.1) is 11.3 Å². The summed E-state index contributed by atoms with van der Waals surface area (Å²) in [5, 5.41) is 1.84. The van der Waals surface area contributed by atoms with Crippen molar-refractivity contribution in [3.63, 3.8) is 0 Å². The predicted molar refractivity (Wildman–Crippen MR) is 148 cm³/mol. The van der Waals surface area contributed by atoms with Crippen molar-refractivity contribution in [2.45, 2.75) is 63.1 Å². The molecular weight excluding hydrogens is 524 g/mol. The van der Waals surface area contributed by atoms with Crippen LogP contribution in [0.2, 0.25) is 5.02 Å². The van der Waals surface area contributed by atoms with E-state index in [1.165, 1.54) is 11.3 Å². The van der Waals surface area contributed by atoms with Gasteiger partial charge < -0.3 is 14.1 Å².